The van der Waals surface area contributed by atoms with E-state index in [4.69, 9.17) is 0 Å². The van der Waals surface area contributed by atoms with Crippen molar-refractivity contribution in [1.29, 1.82) is 5.26 Å². The van der Waals surface area contributed by atoms with Gasteiger partial charge in [0.1, 0.15) is 0 Å². The molecule has 0 saturated heterocycles. The van der Waals surface area contributed by atoms with Crippen LogP contribution in [0.2, 0.25) is 0 Å². The minimum Gasteiger partial charge on any atom is -0.355 e. The molecule has 0 aromatic heterocycles. The van der Waals surface area contributed by atoms with Gasteiger partial charge in [0.15, 0.2) is 0 Å². The number of nitriles is 1. The highest BCUT2D eigenvalue weighted by atomic mass is 32.2. The second kappa shape index (κ2) is 10.2. The van der Waals surface area contributed by atoms with Gasteiger partial charge in [-0.2, -0.15) is 5.26 Å². The zero-order valence-electron chi connectivity index (χ0n) is 25.2. The van der Waals surface area contributed by atoms with Crippen LogP contribution in [0.4, 0.5) is 11.4 Å². The second-order valence-electron chi connectivity index (χ2n) is 12.1. The molecule has 0 radical (unpaired) electrons. The smallest absolute Gasteiger partial charge is 0.0991 e. The molecule has 1 aliphatic carbocycles. The fourth-order valence-corrected chi connectivity index (χ4v) is 9.07. The first kappa shape index (κ1) is 26.8. The third kappa shape index (κ3) is 3.71. The molecular formula is C43H28N2S. The lowest BCUT2D eigenvalue weighted by molar-refractivity contribution is 0.720. The Bertz CT molecular complexity index is 2350. The molecule has 1 aliphatic heterocycles. The molecule has 0 unspecified atom stereocenters. The number of hydrogen-bond donors (Lipinski definition) is 1. The summed E-state index contributed by atoms with van der Waals surface area (Å²) in [6.07, 6.45) is 0. The van der Waals surface area contributed by atoms with E-state index in [-0.39, 0.29) is 0 Å². The topological polar surface area (TPSA) is 35.8 Å². The number of hydrogen-bond acceptors (Lipinski definition) is 3. The van der Waals surface area contributed by atoms with Gasteiger partial charge in [-0.05, 0) is 98.6 Å². The zero-order valence-corrected chi connectivity index (χ0v) is 26.0. The van der Waals surface area contributed by atoms with Crippen molar-refractivity contribution in [2.45, 2.75) is 22.1 Å². The number of nitrogens with zero attached hydrogens (tertiary/aromatic N) is 1. The third-order valence-electron chi connectivity index (χ3n) is 9.76. The summed E-state index contributed by atoms with van der Waals surface area (Å²) in [6, 6.07) is 54.5. The Labute approximate surface area is 273 Å². The standard InChI is InChI=1S/C43H28N2S/c1-27-31(41-32-11-3-2-10-29(32)20-25-39(41)45-30-21-18-28(26-44)19-22-30)23-24-38-42(27)46-40-17-9-8-16-37(40)43(38)35-14-6-4-12-33(35)34-13-5-7-15-36(34)43/h2-25,45H,1H3. The normalized spacial score (nSPS) is 13.4. The van der Waals surface area contributed by atoms with Crippen molar-refractivity contribution in [2.75, 3.05) is 5.32 Å². The van der Waals surface area contributed by atoms with Gasteiger partial charge in [-0.1, -0.05) is 121 Å². The molecule has 0 saturated carbocycles. The molecule has 0 atom stereocenters. The number of anilines is 2. The number of rotatable bonds is 3. The summed E-state index contributed by atoms with van der Waals surface area (Å²) < 4.78 is 0. The molecule has 46 heavy (non-hydrogen) atoms. The van der Waals surface area contributed by atoms with Crippen molar-refractivity contribution in [3.05, 3.63) is 179 Å². The minimum absolute atomic E-state index is 0.393. The summed E-state index contributed by atoms with van der Waals surface area (Å²) in [5.41, 5.74) is 14.0. The van der Waals surface area contributed by atoms with Gasteiger partial charge in [0, 0.05) is 26.7 Å². The van der Waals surface area contributed by atoms with Crippen molar-refractivity contribution in [2.24, 2.45) is 0 Å². The van der Waals surface area contributed by atoms with Crippen molar-refractivity contribution >= 4 is 33.9 Å². The molecule has 0 bridgehead atoms. The van der Waals surface area contributed by atoms with Gasteiger partial charge in [-0.3, -0.25) is 0 Å². The lowest BCUT2D eigenvalue weighted by atomic mass is 9.67. The molecule has 0 fully saturated rings. The number of benzene rings is 7. The van der Waals surface area contributed by atoms with Gasteiger partial charge in [0.2, 0.25) is 0 Å². The third-order valence-corrected chi connectivity index (χ3v) is 11.1. The van der Waals surface area contributed by atoms with Crippen LogP contribution in [0, 0.1) is 18.3 Å². The van der Waals surface area contributed by atoms with E-state index in [9.17, 15) is 5.26 Å². The number of fused-ring (bicyclic) bond motifs is 10. The first-order chi connectivity index (χ1) is 22.7. The molecule has 0 amide bonds. The van der Waals surface area contributed by atoms with E-state index in [1.54, 1.807) is 0 Å². The van der Waals surface area contributed by atoms with E-state index < -0.39 is 5.41 Å². The molecule has 216 valence electrons. The van der Waals surface area contributed by atoms with Gasteiger partial charge in [-0.15, -0.1) is 0 Å². The highest BCUT2D eigenvalue weighted by molar-refractivity contribution is 7.99. The summed E-state index contributed by atoms with van der Waals surface area (Å²) in [6.45, 7) is 2.29. The van der Waals surface area contributed by atoms with Gasteiger partial charge in [-0.25, -0.2) is 0 Å². The maximum atomic E-state index is 9.33. The predicted molar refractivity (Wildman–Crippen MR) is 190 cm³/mol. The van der Waals surface area contributed by atoms with E-state index in [1.807, 2.05) is 36.0 Å². The molecule has 3 heteroatoms. The molecule has 1 N–H and O–H groups in total. The van der Waals surface area contributed by atoms with Crippen molar-refractivity contribution in [1.82, 2.24) is 0 Å². The number of nitrogens with one attached hydrogen (secondary N) is 1. The van der Waals surface area contributed by atoms with E-state index >= 15 is 0 Å². The lowest BCUT2D eigenvalue weighted by Gasteiger charge is -2.40. The van der Waals surface area contributed by atoms with Gasteiger partial charge in [0.25, 0.3) is 0 Å². The summed E-state index contributed by atoms with van der Waals surface area (Å²) in [5, 5.41) is 15.4. The van der Waals surface area contributed by atoms with Crippen LogP contribution in [-0.2, 0) is 5.41 Å². The van der Waals surface area contributed by atoms with Gasteiger partial charge in [0.05, 0.1) is 17.0 Å². The molecule has 1 spiro atoms. The summed E-state index contributed by atoms with van der Waals surface area (Å²) in [4.78, 5) is 2.62. The summed E-state index contributed by atoms with van der Waals surface area (Å²) in [7, 11) is 0. The molecular weight excluding hydrogens is 577 g/mol. The predicted octanol–water partition coefficient (Wildman–Crippen LogP) is 11.3. The van der Waals surface area contributed by atoms with Crippen LogP contribution in [0.5, 0.6) is 0 Å². The van der Waals surface area contributed by atoms with E-state index in [1.165, 1.54) is 70.6 Å². The monoisotopic (exact) mass is 604 g/mol. The highest BCUT2D eigenvalue weighted by Crippen LogP contribution is 2.63. The zero-order chi connectivity index (χ0) is 30.8. The molecule has 7 aromatic carbocycles. The average Bonchev–Trinajstić information content (AvgIpc) is 3.40. The summed E-state index contributed by atoms with van der Waals surface area (Å²) >= 11 is 1.90. The van der Waals surface area contributed by atoms with Gasteiger partial charge >= 0.3 is 0 Å². The van der Waals surface area contributed by atoms with Crippen LogP contribution >= 0.6 is 11.8 Å². The fraction of sp³-hybridized carbons (Fsp3) is 0.0465. The molecule has 9 rings (SSSR count). The quantitative estimate of drug-likeness (QED) is 0.218. The molecule has 7 aromatic rings. The molecule has 1 heterocycles. The first-order valence-corrected chi connectivity index (χ1v) is 16.4. The maximum absolute atomic E-state index is 9.33. The Morgan fingerprint density at radius 2 is 1.24 bits per heavy atom. The van der Waals surface area contributed by atoms with Crippen molar-refractivity contribution in [3.8, 4) is 28.3 Å². The van der Waals surface area contributed by atoms with E-state index in [0.717, 1.165) is 11.4 Å². The highest BCUT2D eigenvalue weighted by Gasteiger charge is 2.50. The van der Waals surface area contributed by atoms with Crippen LogP contribution in [0.15, 0.2) is 155 Å². The Kier molecular flexibility index (Phi) is 5.97. The minimum atomic E-state index is -0.393. The average molecular weight is 605 g/mol. The SMILES string of the molecule is Cc1c(-c2c(Nc3ccc(C#N)cc3)ccc3ccccc23)ccc2c1Sc1ccccc1C21c2ccccc2-c2ccccc21. The van der Waals surface area contributed by atoms with Crippen molar-refractivity contribution in [3.63, 3.8) is 0 Å². The molecule has 2 aliphatic rings. The van der Waals surface area contributed by atoms with E-state index in [0.29, 0.717) is 5.56 Å². The largest absolute Gasteiger partial charge is 0.355 e. The van der Waals surface area contributed by atoms with Crippen LogP contribution in [-0.4, -0.2) is 0 Å². The molecule has 2 nitrogen and oxygen atoms in total. The van der Waals surface area contributed by atoms with Crippen LogP contribution in [0.3, 0.4) is 0 Å². The van der Waals surface area contributed by atoms with Crippen LogP contribution in [0.1, 0.15) is 33.4 Å². The lowest BCUT2D eigenvalue weighted by Crippen LogP contribution is -2.32. The fourth-order valence-electron chi connectivity index (χ4n) is 7.77. The Morgan fingerprint density at radius 1 is 0.587 bits per heavy atom. The van der Waals surface area contributed by atoms with Crippen molar-refractivity contribution < 1.29 is 0 Å². The maximum Gasteiger partial charge on any atom is 0.0991 e. The Hall–Kier alpha value is -5.56. The summed E-state index contributed by atoms with van der Waals surface area (Å²) in [5.74, 6) is 0. The first-order valence-electron chi connectivity index (χ1n) is 15.6. The second-order valence-corrected chi connectivity index (χ2v) is 13.1. The van der Waals surface area contributed by atoms with Gasteiger partial charge < -0.3 is 5.32 Å². The Morgan fingerprint density at radius 3 is 1.98 bits per heavy atom. The van der Waals surface area contributed by atoms with E-state index in [2.05, 4.69) is 140 Å². The van der Waals surface area contributed by atoms with Crippen LogP contribution < -0.4 is 5.32 Å². The van der Waals surface area contributed by atoms with Crippen LogP contribution in [0.25, 0.3) is 33.0 Å². The Balaban J connectivity index is 1.32.